The van der Waals surface area contributed by atoms with Gasteiger partial charge in [0.1, 0.15) is 6.04 Å². The van der Waals surface area contributed by atoms with Crippen LogP contribution >= 0.6 is 0 Å². The highest BCUT2D eigenvalue weighted by molar-refractivity contribution is 6.12. The highest BCUT2D eigenvalue weighted by atomic mass is 16.2. The Morgan fingerprint density at radius 2 is 2.00 bits per heavy atom. The van der Waals surface area contributed by atoms with Crippen LogP contribution in [0.15, 0.2) is 40.6 Å². The lowest BCUT2D eigenvalue weighted by Crippen LogP contribution is -2.37. The Balaban J connectivity index is 1.83. The fraction of sp³-hybridized carbons (Fsp3) is 0.444. The molecule has 1 saturated heterocycles. The van der Waals surface area contributed by atoms with Crippen LogP contribution in [0.3, 0.4) is 0 Å². The van der Waals surface area contributed by atoms with Crippen molar-refractivity contribution in [3.8, 4) is 0 Å². The van der Waals surface area contributed by atoms with Crippen molar-refractivity contribution in [1.29, 1.82) is 0 Å². The standard InChI is InChI=1S/C18H21N3O3/c1-18(2,3)12-9-16(23)21-14-8-10(4-5-11(12)14)19-17(24)13-6-7-15(22)20-13/h4-5,8-9,11,13H,6-7H2,1-3H3,(H,20,22)(H,21,23). The van der Waals surface area contributed by atoms with Gasteiger partial charge in [-0.05, 0) is 29.6 Å². The monoisotopic (exact) mass is 327 g/mol. The Morgan fingerprint density at radius 1 is 1.25 bits per heavy atom. The van der Waals surface area contributed by atoms with Gasteiger partial charge in [-0.1, -0.05) is 26.8 Å². The maximum Gasteiger partial charge on any atom is 0.268 e. The van der Waals surface area contributed by atoms with Crippen molar-refractivity contribution in [3.63, 3.8) is 0 Å². The molecule has 2 aliphatic heterocycles. The molecule has 0 spiro atoms. The van der Waals surface area contributed by atoms with E-state index in [4.69, 9.17) is 0 Å². The molecule has 0 aromatic rings. The zero-order chi connectivity index (χ0) is 17.5. The Kier molecular flexibility index (Phi) is 3.99. The molecule has 3 amide bonds. The second-order valence-corrected chi connectivity index (χ2v) is 7.31. The number of amides is 3. The first-order valence-electron chi connectivity index (χ1n) is 8.09. The number of hydrogen-bond acceptors (Lipinski definition) is 3. The summed E-state index contributed by atoms with van der Waals surface area (Å²) in [4.78, 5) is 39.4. The number of hydrogen-bond donors (Lipinski definition) is 2. The minimum atomic E-state index is -0.541. The average molecular weight is 327 g/mol. The SMILES string of the molecule is CC(C)(C)C1=CC(=O)NC2=CC(=NC(=O)C3CCC(=O)N3)C=CC21. The first kappa shape index (κ1) is 16.4. The van der Waals surface area contributed by atoms with E-state index in [1.807, 2.05) is 6.08 Å². The van der Waals surface area contributed by atoms with Crippen LogP contribution in [0, 0.1) is 11.3 Å². The lowest BCUT2D eigenvalue weighted by molar-refractivity contribution is -0.123. The molecule has 1 fully saturated rings. The molecule has 3 rings (SSSR count). The molecule has 6 nitrogen and oxygen atoms in total. The van der Waals surface area contributed by atoms with Crippen molar-refractivity contribution in [1.82, 2.24) is 10.6 Å². The number of rotatable bonds is 1. The summed E-state index contributed by atoms with van der Waals surface area (Å²) in [6.45, 7) is 6.20. The summed E-state index contributed by atoms with van der Waals surface area (Å²) >= 11 is 0. The molecule has 24 heavy (non-hydrogen) atoms. The quantitative estimate of drug-likeness (QED) is 0.763. The molecule has 2 unspecified atom stereocenters. The zero-order valence-electron chi connectivity index (χ0n) is 14.1. The maximum atomic E-state index is 12.1. The summed E-state index contributed by atoms with van der Waals surface area (Å²) in [7, 11) is 0. The first-order valence-corrected chi connectivity index (χ1v) is 8.09. The van der Waals surface area contributed by atoms with Crippen LogP contribution in [0.25, 0.3) is 0 Å². The Bertz CT molecular complexity index is 735. The predicted molar refractivity (Wildman–Crippen MR) is 90.0 cm³/mol. The smallest absolute Gasteiger partial charge is 0.268 e. The summed E-state index contributed by atoms with van der Waals surface area (Å²) in [6.07, 6.45) is 7.95. The van der Waals surface area contributed by atoms with Crippen LogP contribution in [-0.2, 0) is 14.4 Å². The second-order valence-electron chi connectivity index (χ2n) is 7.31. The third-order valence-electron chi connectivity index (χ3n) is 4.39. The van der Waals surface area contributed by atoms with Gasteiger partial charge in [-0.15, -0.1) is 0 Å². The van der Waals surface area contributed by atoms with Crippen LogP contribution < -0.4 is 10.6 Å². The molecule has 0 aromatic heterocycles. The lowest BCUT2D eigenvalue weighted by atomic mass is 9.74. The Hall–Kier alpha value is -2.50. The largest absolute Gasteiger partial charge is 0.344 e. The molecule has 2 N–H and O–H groups in total. The van der Waals surface area contributed by atoms with E-state index >= 15 is 0 Å². The van der Waals surface area contributed by atoms with E-state index in [1.165, 1.54) is 0 Å². The third kappa shape index (κ3) is 3.22. The third-order valence-corrected chi connectivity index (χ3v) is 4.39. The van der Waals surface area contributed by atoms with Crippen molar-refractivity contribution >= 4 is 23.4 Å². The topological polar surface area (TPSA) is 87.6 Å². The molecule has 0 radical (unpaired) electrons. The van der Waals surface area contributed by atoms with Crippen LogP contribution in [0.4, 0.5) is 0 Å². The summed E-state index contributed by atoms with van der Waals surface area (Å²) in [5.74, 6) is -0.649. The van der Waals surface area contributed by atoms with Crippen molar-refractivity contribution in [2.45, 2.75) is 39.7 Å². The highest BCUT2D eigenvalue weighted by Crippen LogP contribution is 2.38. The second kappa shape index (κ2) is 5.85. The number of nitrogens with zero attached hydrogens (tertiary/aromatic N) is 1. The van der Waals surface area contributed by atoms with Crippen molar-refractivity contribution in [3.05, 3.63) is 35.6 Å². The average Bonchev–Trinajstić information content (AvgIpc) is 2.92. The number of carbonyl (C=O) groups excluding carboxylic acids is 3. The molecule has 1 aliphatic carbocycles. The van der Waals surface area contributed by atoms with Gasteiger partial charge in [-0.2, -0.15) is 0 Å². The van der Waals surface area contributed by atoms with Crippen molar-refractivity contribution < 1.29 is 14.4 Å². The highest BCUT2D eigenvalue weighted by Gasteiger charge is 2.33. The Labute approximate surface area is 140 Å². The van der Waals surface area contributed by atoms with Crippen LogP contribution in [0.1, 0.15) is 33.6 Å². The van der Waals surface area contributed by atoms with E-state index in [-0.39, 0.29) is 29.1 Å². The first-order chi connectivity index (χ1) is 11.2. The van der Waals surface area contributed by atoms with Gasteiger partial charge in [-0.25, -0.2) is 4.99 Å². The predicted octanol–water partition coefficient (Wildman–Crippen LogP) is 1.40. The molecule has 126 valence electrons. The summed E-state index contributed by atoms with van der Waals surface area (Å²) in [5, 5.41) is 5.45. The number of aliphatic imine (C=N–C) groups is 1. The van der Waals surface area contributed by atoms with E-state index < -0.39 is 6.04 Å². The molecule has 3 aliphatic rings. The fourth-order valence-corrected chi connectivity index (χ4v) is 3.15. The van der Waals surface area contributed by atoms with Gasteiger partial charge in [0.2, 0.25) is 11.8 Å². The summed E-state index contributed by atoms with van der Waals surface area (Å²) < 4.78 is 0. The Morgan fingerprint density at radius 3 is 2.62 bits per heavy atom. The lowest BCUT2D eigenvalue weighted by Gasteiger charge is -2.34. The van der Waals surface area contributed by atoms with Gasteiger partial charge >= 0.3 is 0 Å². The minimum Gasteiger partial charge on any atom is -0.344 e. The van der Waals surface area contributed by atoms with E-state index in [0.717, 1.165) is 11.3 Å². The van der Waals surface area contributed by atoms with Gasteiger partial charge < -0.3 is 10.6 Å². The summed E-state index contributed by atoms with van der Waals surface area (Å²) in [6, 6.07) is -0.541. The maximum absolute atomic E-state index is 12.1. The zero-order valence-corrected chi connectivity index (χ0v) is 14.1. The van der Waals surface area contributed by atoms with Gasteiger partial charge in [0.15, 0.2) is 0 Å². The molecule has 2 heterocycles. The molecular weight excluding hydrogens is 306 g/mol. The molecule has 0 aromatic carbocycles. The van der Waals surface area contributed by atoms with E-state index in [2.05, 4.69) is 36.4 Å². The number of allylic oxidation sites excluding steroid dienone is 3. The molecule has 6 heteroatoms. The van der Waals surface area contributed by atoms with Gasteiger partial charge in [0.05, 0.1) is 5.71 Å². The van der Waals surface area contributed by atoms with Crippen molar-refractivity contribution in [2.24, 2.45) is 16.3 Å². The number of nitrogens with one attached hydrogen (secondary N) is 2. The van der Waals surface area contributed by atoms with Crippen LogP contribution in [0.2, 0.25) is 0 Å². The van der Waals surface area contributed by atoms with Gasteiger partial charge in [0, 0.05) is 24.1 Å². The van der Waals surface area contributed by atoms with Crippen LogP contribution in [-0.4, -0.2) is 29.5 Å². The van der Waals surface area contributed by atoms with Crippen LogP contribution in [0.5, 0.6) is 0 Å². The molecular formula is C18H21N3O3. The molecule has 2 atom stereocenters. The van der Waals surface area contributed by atoms with E-state index in [0.29, 0.717) is 18.6 Å². The molecule has 0 saturated carbocycles. The normalized spacial score (nSPS) is 28.0. The van der Waals surface area contributed by atoms with E-state index in [1.54, 1.807) is 18.2 Å². The number of fused-ring (bicyclic) bond motifs is 1. The van der Waals surface area contributed by atoms with Gasteiger partial charge in [-0.3, -0.25) is 14.4 Å². The van der Waals surface area contributed by atoms with Crippen molar-refractivity contribution in [2.75, 3.05) is 0 Å². The summed E-state index contributed by atoms with van der Waals surface area (Å²) in [5.41, 5.74) is 2.12. The van der Waals surface area contributed by atoms with Gasteiger partial charge in [0.25, 0.3) is 5.91 Å². The minimum absolute atomic E-state index is 0.0112. The van der Waals surface area contributed by atoms with E-state index in [9.17, 15) is 14.4 Å². The molecule has 0 bridgehead atoms. The number of carbonyl (C=O) groups is 3. The fourth-order valence-electron chi connectivity index (χ4n) is 3.15.